The molecule has 0 radical (unpaired) electrons. The first-order valence-electron chi connectivity index (χ1n) is 10.4. The molecule has 0 aliphatic carbocycles. The van der Waals surface area contributed by atoms with Crippen molar-refractivity contribution in [3.63, 3.8) is 0 Å². The third-order valence-electron chi connectivity index (χ3n) is 5.48. The van der Waals surface area contributed by atoms with Gasteiger partial charge >= 0.3 is 0 Å². The Bertz CT molecular complexity index is 853. The van der Waals surface area contributed by atoms with E-state index in [9.17, 15) is 9.59 Å². The molecule has 3 atom stereocenters. The molecule has 7 heteroatoms. The van der Waals surface area contributed by atoms with Gasteiger partial charge in [0, 0.05) is 17.1 Å². The average Bonchev–Trinajstić information content (AvgIpc) is 2.77. The highest BCUT2D eigenvalue weighted by Gasteiger charge is 2.27. The van der Waals surface area contributed by atoms with Crippen molar-refractivity contribution in [2.24, 2.45) is 5.92 Å². The van der Waals surface area contributed by atoms with Crippen molar-refractivity contribution >= 4 is 23.4 Å². The number of methoxy groups -OCH3 is 1. The standard InChI is InChI=1S/C24H32ClN3O3/c1-6-16(2)22(27-23(29)18-7-11-19(25)12-8-18)24(30)26-15-21(28(3)4)17-9-13-20(31-5)14-10-17/h7-14,16,21-22H,6,15H2,1-5H3,(H,26,30)(H,27,29). The Balaban J connectivity index is 2.09. The van der Waals surface area contributed by atoms with Crippen molar-refractivity contribution in [2.75, 3.05) is 27.7 Å². The normalized spacial score (nSPS) is 13.9. The number of ether oxygens (including phenoxy) is 1. The van der Waals surface area contributed by atoms with Crippen LogP contribution in [0.25, 0.3) is 0 Å². The van der Waals surface area contributed by atoms with Crippen LogP contribution in [0.3, 0.4) is 0 Å². The van der Waals surface area contributed by atoms with E-state index in [1.54, 1.807) is 31.4 Å². The molecule has 0 saturated carbocycles. The van der Waals surface area contributed by atoms with Gasteiger partial charge in [-0.2, -0.15) is 0 Å². The molecule has 31 heavy (non-hydrogen) atoms. The quantitative estimate of drug-likeness (QED) is 0.581. The van der Waals surface area contributed by atoms with Crippen LogP contribution >= 0.6 is 11.6 Å². The van der Waals surface area contributed by atoms with Crippen molar-refractivity contribution < 1.29 is 14.3 Å². The SMILES string of the molecule is CCC(C)C(NC(=O)c1ccc(Cl)cc1)C(=O)NCC(c1ccc(OC)cc1)N(C)C. The summed E-state index contributed by atoms with van der Waals surface area (Å²) in [5.41, 5.74) is 1.53. The molecule has 0 aromatic heterocycles. The molecule has 3 unspecified atom stereocenters. The molecule has 0 fully saturated rings. The van der Waals surface area contributed by atoms with Crippen molar-refractivity contribution in [1.82, 2.24) is 15.5 Å². The molecule has 2 amide bonds. The summed E-state index contributed by atoms with van der Waals surface area (Å²) in [4.78, 5) is 27.8. The molecule has 2 N–H and O–H groups in total. The van der Waals surface area contributed by atoms with Gasteiger partial charge in [-0.25, -0.2) is 0 Å². The molecule has 0 spiro atoms. The molecule has 2 aromatic rings. The van der Waals surface area contributed by atoms with E-state index in [2.05, 4.69) is 10.6 Å². The summed E-state index contributed by atoms with van der Waals surface area (Å²) in [6, 6.07) is 13.8. The summed E-state index contributed by atoms with van der Waals surface area (Å²) in [7, 11) is 5.57. The number of hydrogen-bond donors (Lipinski definition) is 2. The van der Waals surface area contributed by atoms with Crippen LogP contribution in [0.15, 0.2) is 48.5 Å². The summed E-state index contributed by atoms with van der Waals surface area (Å²) < 4.78 is 5.23. The number of benzene rings is 2. The van der Waals surface area contributed by atoms with E-state index in [4.69, 9.17) is 16.3 Å². The lowest BCUT2D eigenvalue weighted by atomic mass is 9.97. The van der Waals surface area contributed by atoms with E-state index in [1.807, 2.05) is 57.1 Å². The first-order chi connectivity index (χ1) is 14.8. The largest absolute Gasteiger partial charge is 0.497 e. The van der Waals surface area contributed by atoms with E-state index in [0.717, 1.165) is 17.7 Å². The van der Waals surface area contributed by atoms with Gasteiger partial charge in [0.15, 0.2) is 0 Å². The van der Waals surface area contributed by atoms with Crippen LogP contribution in [-0.2, 0) is 4.79 Å². The maximum atomic E-state index is 13.0. The molecule has 2 aromatic carbocycles. The lowest BCUT2D eigenvalue weighted by molar-refractivity contribution is -0.124. The van der Waals surface area contributed by atoms with Gasteiger partial charge in [0.05, 0.1) is 13.2 Å². The van der Waals surface area contributed by atoms with Gasteiger partial charge in [0.2, 0.25) is 5.91 Å². The molecule has 0 heterocycles. The number of carbonyl (C=O) groups is 2. The minimum Gasteiger partial charge on any atom is -0.497 e. The fourth-order valence-electron chi connectivity index (χ4n) is 3.26. The lowest BCUT2D eigenvalue weighted by Gasteiger charge is -2.28. The maximum absolute atomic E-state index is 13.0. The lowest BCUT2D eigenvalue weighted by Crippen LogP contribution is -2.51. The number of likely N-dealkylation sites (N-methyl/N-ethyl adjacent to an activating group) is 1. The Labute approximate surface area is 189 Å². The Morgan fingerprint density at radius 1 is 1.06 bits per heavy atom. The highest BCUT2D eigenvalue weighted by atomic mass is 35.5. The summed E-state index contributed by atoms with van der Waals surface area (Å²) >= 11 is 5.90. The number of halogens is 1. The molecule has 2 rings (SSSR count). The third-order valence-corrected chi connectivity index (χ3v) is 5.73. The van der Waals surface area contributed by atoms with Crippen LogP contribution in [0, 0.1) is 5.92 Å². The monoisotopic (exact) mass is 445 g/mol. The van der Waals surface area contributed by atoms with E-state index in [-0.39, 0.29) is 23.8 Å². The van der Waals surface area contributed by atoms with E-state index < -0.39 is 6.04 Å². The summed E-state index contributed by atoms with van der Waals surface area (Å²) in [5, 5.41) is 6.47. The number of amides is 2. The zero-order chi connectivity index (χ0) is 23.0. The van der Waals surface area contributed by atoms with Crippen LogP contribution in [0.5, 0.6) is 5.75 Å². The van der Waals surface area contributed by atoms with Crippen LogP contribution in [0.4, 0.5) is 0 Å². The summed E-state index contributed by atoms with van der Waals surface area (Å²) in [6.45, 7) is 4.38. The number of nitrogens with zero attached hydrogens (tertiary/aromatic N) is 1. The van der Waals surface area contributed by atoms with Gasteiger partial charge in [-0.15, -0.1) is 0 Å². The van der Waals surface area contributed by atoms with Crippen LogP contribution < -0.4 is 15.4 Å². The maximum Gasteiger partial charge on any atom is 0.251 e. The predicted molar refractivity (Wildman–Crippen MR) is 125 cm³/mol. The third kappa shape index (κ3) is 6.97. The number of nitrogens with one attached hydrogen (secondary N) is 2. The van der Waals surface area contributed by atoms with Crippen molar-refractivity contribution in [3.8, 4) is 5.75 Å². The Hall–Kier alpha value is -2.57. The molecule has 0 aliphatic heterocycles. The van der Waals surface area contributed by atoms with Gasteiger partial charge in [0.1, 0.15) is 11.8 Å². The Morgan fingerprint density at radius 2 is 1.68 bits per heavy atom. The minimum atomic E-state index is -0.633. The zero-order valence-electron chi connectivity index (χ0n) is 18.8. The number of carbonyl (C=O) groups excluding carboxylic acids is 2. The number of rotatable bonds is 10. The fourth-order valence-corrected chi connectivity index (χ4v) is 3.39. The van der Waals surface area contributed by atoms with Crippen molar-refractivity contribution in [2.45, 2.75) is 32.4 Å². The van der Waals surface area contributed by atoms with Crippen molar-refractivity contribution in [3.05, 3.63) is 64.7 Å². The topological polar surface area (TPSA) is 70.7 Å². The van der Waals surface area contributed by atoms with Crippen LogP contribution in [0.1, 0.15) is 42.2 Å². The summed E-state index contributed by atoms with van der Waals surface area (Å²) in [6.07, 6.45) is 0.759. The van der Waals surface area contributed by atoms with Crippen molar-refractivity contribution in [1.29, 1.82) is 0 Å². The highest BCUT2D eigenvalue weighted by Crippen LogP contribution is 2.21. The molecule has 0 aliphatic rings. The molecule has 0 bridgehead atoms. The predicted octanol–water partition coefficient (Wildman–Crippen LogP) is 3.91. The molecule has 168 valence electrons. The van der Waals surface area contributed by atoms with Gasteiger partial charge in [-0.05, 0) is 62.0 Å². The molecule has 0 saturated heterocycles. The molecule has 6 nitrogen and oxygen atoms in total. The summed E-state index contributed by atoms with van der Waals surface area (Å²) in [5.74, 6) is 0.274. The first-order valence-corrected chi connectivity index (χ1v) is 10.8. The van der Waals surface area contributed by atoms with Crippen LogP contribution in [0.2, 0.25) is 5.02 Å². The fraction of sp³-hybridized carbons (Fsp3) is 0.417. The van der Waals surface area contributed by atoms with Gasteiger partial charge in [0.25, 0.3) is 5.91 Å². The second-order valence-electron chi connectivity index (χ2n) is 7.84. The smallest absolute Gasteiger partial charge is 0.251 e. The first kappa shape index (κ1) is 24.7. The molecular weight excluding hydrogens is 414 g/mol. The van der Waals surface area contributed by atoms with E-state index in [1.165, 1.54) is 0 Å². The average molecular weight is 446 g/mol. The zero-order valence-corrected chi connectivity index (χ0v) is 19.6. The second kappa shape index (κ2) is 11.7. The van der Waals surface area contributed by atoms with E-state index >= 15 is 0 Å². The molecular formula is C24H32ClN3O3. The highest BCUT2D eigenvalue weighted by molar-refractivity contribution is 6.30. The van der Waals surface area contributed by atoms with E-state index in [0.29, 0.717) is 17.1 Å². The van der Waals surface area contributed by atoms with Gasteiger partial charge < -0.3 is 20.3 Å². The van der Waals surface area contributed by atoms with Gasteiger partial charge in [-0.1, -0.05) is 44.0 Å². The Kier molecular flexibility index (Phi) is 9.34. The Morgan fingerprint density at radius 3 is 2.19 bits per heavy atom. The van der Waals surface area contributed by atoms with Crippen LogP contribution in [-0.4, -0.2) is 50.5 Å². The van der Waals surface area contributed by atoms with Gasteiger partial charge in [-0.3, -0.25) is 9.59 Å². The second-order valence-corrected chi connectivity index (χ2v) is 8.28. The minimum absolute atomic E-state index is 0.0144. The number of hydrogen-bond acceptors (Lipinski definition) is 4.